The maximum Gasteiger partial charge on any atom is 0.246 e. The second-order valence-electron chi connectivity index (χ2n) is 5.46. The molecule has 2 aliphatic rings. The van der Waals surface area contributed by atoms with Crippen molar-refractivity contribution in [1.82, 2.24) is 9.80 Å². The third kappa shape index (κ3) is 2.15. The molecule has 0 N–H and O–H groups in total. The van der Waals surface area contributed by atoms with Gasteiger partial charge in [-0.2, -0.15) is 0 Å². The molecule has 1 aromatic rings. The molecule has 0 radical (unpaired) electrons. The van der Waals surface area contributed by atoms with Gasteiger partial charge in [0.2, 0.25) is 11.6 Å². The van der Waals surface area contributed by atoms with E-state index < -0.39 is 17.7 Å². The molecule has 0 aromatic heterocycles. The summed E-state index contributed by atoms with van der Waals surface area (Å²) in [4.78, 5) is 40.1. The van der Waals surface area contributed by atoms with Crippen LogP contribution in [0, 0.1) is 0 Å². The summed E-state index contributed by atoms with van der Waals surface area (Å²) in [6, 6.07) is 8.52. The van der Waals surface area contributed by atoms with E-state index in [0.29, 0.717) is 5.56 Å². The molecule has 22 heavy (non-hydrogen) atoms. The highest BCUT2D eigenvalue weighted by molar-refractivity contribution is 6.45. The summed E-state index contributed by atoms with van der Waals surface area (Å²) in [5, 5.41) is 0. The Kier molecular flexibility index (Phi) is 3.41. The number of rotatable bonds is 3. The Hall–Kier alpha value is -2.69. The van der Waals surface area contributed by atoms with E-state index >= 15 is 0 Å². The van der Waals surface area contributed by atoms with Gasteiger partial charge < -0.3 is 9.80 Å². The highest BCUT2D eigenvalue weighted by Gasteiger charge is 2.41. The van der Waals surface area contributed by atoms with Gasteiger partial charge in [0.25, 0.3) is 0 Å². The summed E-state index contributed by atoms with van der Waals surface area (Å²) in [6.45, 7) is 0. The molecule has 1 unspecified atom stereocenters. The van der Waals surface area contributed by atoms with Crippen molar-refractivity contribution in [2.45, 2.75) is 12.6 Å². The first kappa shape index (κ1) is 14.3. The van der Waals surface area contributed by atoms with Crippen LogP contribution in [0.25, 0.3) is 0 Å². The zero-order valence-electron chi connectivity index (χ0n) is 12.4. The molecule has 0 saturated heterocycles. The lowest BCUT2D eigenvalue weighted by atomic mass is 10.1. The highest BCUT2D eigenvalue weighted by Crippen LogP contribution is 2.33. The monoisotopic (exact) mass is 296 g/mol. The van der Waals surface area contributed by atoms with Crippen molar-refractivity contribution >= 4 is 17.3 Å². The summed E-state index contributed by atoms with van der Waals surface area (Å²) in [5.74, 6) is -1.01. The number of likely N-dealkylation sites (N-methyl/N-ethyl adjacent to an activating group) is 2. The highest BCUT2D eigenvalue weighted by atomic mass is 16.2. The predicted molar refractivity (Wildman–Crippen MR) is 80.9 cm³/mol. The Morgan fingerprint density at radius 3 is 2.41 bits per heavy atom. The van der Waals surface area contributed by atoms with Gasteiger partial charge in [0.1, 0.15) is 0 Å². The molecular formula is C17H16N2O3. The lowest BCUT2D eigenvalue weighted by Crippen LogP contribution is -2.46. The Labute approximate surface area is 128 Å². The number of carbonyl (C=O) groups excluding carboxylic acids is 3. The van der Waals surface area contributed by atoms with Gasteiger partial charge in [-0.15, -0.1) is 0 Å². The standard InChI is InChI=1S/C17H16N2O3/c1-18-13-9-8-12(20)10-14(13)19(2)17(18)16(22)15(21)11-6-4-3-5-7-11/h3-9,17H,10H2,1-2H3. The van der Waals surface area contributed by atoms with Crippen LogP contribution in [0.4, 0.5) is 0 Å². The van der Waals surface area contributed by atoms with Crippen LogP contribution in [0.5, 0.6) is 0 Å². The molecule has 1 aromatic carbocycles. The van der Waals surface area contributed by atoms with E-state index in [4.69, 9.17) is 0 Å². The molecule has 5 nitrogen and oxygen atoms in total. The predicted octanol–water partition coefficient (Wildman–Crippen LogP) is 1.38. The molecule has 0 bridgehead atoms. The number of Topliss-reactive ketones (excluding diaryl/α,β-unsaturated/α-hetero) is 2. The van der Waals surface area contributed by atoms with Crippen LogP contribution in [0.3, 0.4) is 0 Å². The summed E-state index contributed by atoms with van der Waals surface area (Å²) in [7, 11) is 3.51. The smallest absolute Gasteiger partial charge is 0.246 e. The molecule has 0 amide bonds. The molecule has 1 heterocycles. The number of benzene rings is 1. The van der Waals surface area contributed by atoms with Crippen molar-refractivity contribution in [1.29, 1.82) is 0 Å². The normalized spacial score (nSPS) is 20.5. The van der Waals surface area contributed by atoms with Crippen molar-refractivity contribution in [3.8, 4) is 0 Å². The number of hydrogen-bond acceptors (Lipinski definition) is 5. The lowest BCUT2D eigenvalue weighted by Gasteiger charge is -2.27. The number of carbonyl (C=O) groups is 3. The SMILES string of the molecule is CN1C2=C(CC(=O)C=C2)N(C)C1C(=O)C(=O)c1ccccc1. The fourth-order valence-corrected chi connectivity index (χ4v) is 2.95. The molecule has 112 valence electrons. The fourth-order valence-electron chi connectivity index (χ4n) is 2.95. The Morgan fingerprint density at radius 1 is 1.05 bits per heavy atom. The number of nitrogens with zero attached hydrogens (tertiary/aromatic N) is 2. The first-order valence-electron chi connectivity index (χ1n) is 7.04. The molecule has 3 rings (SSSR count). The van der Waals surface area contributed by atoms with E-state index in [-0.39, 0.29) is 12.2 Å². The zero-order valence-corrected chi connectivity index (χ0v) is 12.4. The zero-order chi connectivity index (χ0) is 15.9. The first-order chi connectivity index (χ1) is 10.5. The largest absolute Gasteiger partial charge is 0.349 e. The number of ketones is 3. The van der Waals surface area contributed by atoms with E-state index in [0.717, 1.165) is 11.4 Å². The summed E-state index contributed by atoms with van der Waals surface area (Å²) < 4.78 is 0. The minimum absolute atomic E-state index is 0.00137. The first-order valence-corrected chi connectivity index (χ1v) is 7.04. The van der Waals surface area contributed by atoms with Crippen molar-refractivity contribution in [3.05, 3.63) is 59.4 Å². The average Bonchev–Trinajstić information content (AvgIpc) is 2.78. The van der Waals surface area contributed by atoms with Crippen LogP contribution < -0.4 is 0 Å². The summed E-state index contributed by atoms with van der Waals surface area (Å²) in [6.07, 6.45) is 2.77. The Bertz CT molecular complexity index is 719. The van der Waals surface area contributed by atoms with E-state index in [2.05, 4.69) is 0 Å². The van der Waals surface area contributed by atoms with Crippen molar-refractivity contribution in [2.75, 3.05) is 14.1 Å². The van der Waals surface area contributed by atoms with Gasteiger partial charge in [-0.05, 0) is 12.2 Å². The van der Waals surface area contributed by atoms with E-state index in [1.54, 1.807) is 60.3 Å². The van der Waals surface area contributed by atoms with Gasteiger partial charge in [0.15, 0.2) is 11.9 Å². The van der Waals surface area contributed by atoms with Crippen LogP contribution in [0.15, 0.2) is 53.9 Å². The number of hydrogen-bond donors (Lipinski definition) is 0. The molecule has 1 atom stereocenters. The third-order valence-electron chi connectivity index (χ3n) is 4.10. The summed E-state index contributed by atoms with van der Waals surface area (Å²) in [5.41, 5.74) is 1.99. The van der Waals surface area contributed by atoms with Crippen LogP contribution in [-0.2, 0) is 9.59 Å². The van der Waals surface area contributed by atoms with Gasteiger partial charge in [0.05, 0.1) is 12.1 Å². The topological polar surface area (TPSA) is 57.7 Å². The molecule has 1 aliphatic heterocycles. The van der Waals surface area contributed by atoms with Gasteiger partial charge in [-0.3, -0.25) is 14.4 Å². The molecule has 0 spiro atoms. The molecule has 0 saturated carbocycles. The fraction of sp³-hybridized carbons (Fsp3) is 0.235. The molecule has 1 aliphatic carbocycles. The maximum absolute atomic E-state index is 12.6. The number of allylic oxidation sites excluding steroid dienone is 3. The van der Waals surface area contributed by atoms with Crippen molar-refractivity contribution in [3.63, 3.8) is 0 Å². The lowest BCUT2D eigenvalue weighted by molar-refractivity contribution is -0.122. The van der Waals surface area contributed by atoms with Crippen molar-refractivity contribution < 1.29 is 14.4 Å². The minimum atomic E-state index is -0.701. The van der Waals surface area contributed by atoms with Crippen LogP contribution in [-0.4, -0.2) is 47.4 Å². The van der Waals surface area contributed by atoms with Crippen LogP contribution >= 0.6 is 0 Å². The van der Waals surface area contributed by atoms with E-state index in [1.165, 1.54) is 6.08 Å². The minimum Gasteiger partial charge on any atom is -0.349 e. The van der Waals surface area contributed by atoms with E-state index in [1.807, 2.05) is 0 Å². The van der Waals surface area contributed by atoms with Gasteiger partial charge in [-0.1, -0.05) is 30.3 Å². The van der Waals surface area contributed by atoms with Gasteiger partial charge in [0, 0.05) is 25.4 Å². The molecule has 5 heteroatoms. The Morgan fingerprint density at radius 2 is 1.73 bits per heavy atom. The Balaban J connectivity index is 1.88. The summed E-state index contributed by atoms with van der Waals surface area (Å²) >= 11 is 0. The van der Waals surface area contributed by atoms with Crippen LogP contribution in [0.2, 0.25) is 0 Å². The quantitative estimate of drug-likeness (QED) is 0.623. The molecule has 0 fully saturated rings. The maximum atomic E-state index is 12.6. The second kappa shape index (κ2) is 5.26. The molecular weight excluding hydrogens is 280 g/mol. The van der Waals surface area contributed by atoms with Gasteiger partial charge >= 0.3 is 0 Å². The average molecular weight is 296 g/mol. The van der Waals surface area contributed by atoms with Crippen LogP contribution in [0.1, 0.15) is 16.8 Å². The van der Waals surface area contributed by atoms with E-state index in [9.17, 15) is 14.4 Å². The van der Waals surface area contributed by atoms with Crippen molar-refractivity contribution in [2.24, 2.45) is 0 Å². The third-order valence-corrected chi connectivity index (χ3v) is 4.10. The second-order valence-corrected chi connectivity index (χ2v) is 5.46. The van der Waals surface area contributed by atoms with Gasteiger partial charge in [-0.25, -0.2) is 0 Å².